The van der Waals surface area contributed by atoms with Crippen molar-refractivity contribution in [3.05, 3.63) is 69.1 Å². The molecule has 0 aliphatic carbocycles. The number of methoxy groups -OCH3 is 1. The molecule has 22 heavy (non-hydrogen) atoms. The van der Waals surface area contributed by atoms with E-state index in [1.54, 1.807) is 11.7 Å². The lowest BCUT2D eigenvalue weighted by molar-refractivity contribution is 0.189. The van der Waals surface area contributed by atoms with Crippen molar-refractivity contribution >= 4 is 0 Å². The van der Waals surface area contributed by atoms with Crippen molar-refractivity contribution in [2.24, 2.45) is 5.73 Å². The summed E-state index contributed by atoms with van der Waals surface area (Å²) in [6.45, 7) is 5.19. The third-order valence-electron chi connectivity index (χ3n) is 3.95. The second kappa shape index (κ2) is 7.38. The van der Waals surface area contributed by atoms with E-state index in [4.69, 9.17) is 10.5 Å². The number of hydrogen-bond donors (Lipinski definition) is 1. The summed E-state index contributed by atoms with van der Waals surface area (Å²) in [6, 6.07) is 11.4. The quantitative estimate of drug-likeness (QED) is 0.834. The zero-order chi connectivity index (χ0) is 16.1. The minimum atomic E-state index is -0.400. The molecule has 1 atom stereocenters. The number of pyridine rings is 1. The van der Waals surface area contributed by atoms with E-state index in [2.05, 4.69) is 0 Å². The zero-order valence-electron chi connectivity index (χ0n) is 13.5. The molecular weight excluding hydrogens is 276 g/mol. The first-order chi connectivity index (χ1) is 10.6. The van der Waals surface area contributed by atoms with Gasteiger partial charge in [-0.2, -0.15) is 0 Å². The highest BCUT2D eigenvalue weighted by Gasteiger charge is 2.18. The van der Waals surface area contributed by atoms with Crippen LogP contribution in [0, 0.1) is 13.8 Å². The van der Waals surface area contributed by atoms with Crippen LogP contribution in [0.25, 0.3) is 0 Å². The predicted molar refractivity (Wildman–Crippen MR) is 89.1 cm³/mol. The predicted octanol–water partition coefficient (Wildman–Crippen LogP) is 2.55. The zero-order valence-corrected chi connectivity index (χ0v) is 13.5. The molecule has 0 radical (unpaired) electrons. The molecule has 4 nitrogen and oxygen atoms in total. The van der Waals surface area contributed by atoms with Gasteiger partial charge in [-0.1, -0.05) is 30.3 Å². The standard InChI is InChI=1S/C18H24N2O2/c1-13-12-14(2)20(10-7-11-22-3)18(21)16(13)17(19)15-8-5-4-6-9-15/h4-6,8-9,12,17H,7,10-11,19H2,1-3H3. The molecule has 0 fully saturated rings. The number of nitrogens with zero attached hydrogens (tertiary/aromatic N) is 1. The minimum Gasteiger partial charge on any atom is -0.385 e. The van der Waals surface area contributed by atoms with Gasteiger partial charge < -0.3 is 15.0 Å². The molecule has 1 unspecified atom stereocenters. The van der Waals surface area contributed by atoms with E-state index >= 15 is 0 Å². The van der Waals surface area contributed by atoms with Crippen molar-refractivity contribution in [1.29, 1.82) is 0 Å². The maximum atomic E-state index is 12.9. The highest BCUT2D eigenvalue weighted by Crippen LogP contribution is 2.20. The maximum absolute atomic E-state index is 12.9. The van der Waals surface area contributed by atoms with Crippen molar-refractivity contribution in [2.75, 3.05) is 13.7 Å². The number of benzene rings is 1. The summed E-state index contributed by atoms with van der Waals surface area (Å²) >= 11 is 0. The fourth-order valence-electron chi connectivity index (χ4n) is 2.79. The third kappa shape index (κ3) is 3.46. The Labute approximate surface area is 131 Å². The molecular formula is C18H24N2O2. The molecule has 2 N–H and O–H groups in total. The lowest BCUT2D eigenvalue weighted by Gasteiger charge is -2.19. The average molecular weight is 300 g/mol. The van der Waals surface area contributed by atoms with E-state index in [-0.39, 0.29) is 5.56 Å². The van der Waals surface area contributed by atoms with E-state index in [1.165, 1.54) is 0 Å². The Kier molecular flexibility index (Phi) is 5.52. The molecule has 2 aromatic rings. The van der Waals surface area contributed by atoms with Crippen LogP contribution in [0.15, 0.2) is 41.2 Å². The summed E-state index contributed by atoms with van der Waals surface area (Å²) < 4.78 is 6.87. The molecule has 4 heteroatoms. The fraction of sp³-hybridized carbons (Fsp3) is 0.389. The van der Waals surface area contributed by atoms with Crippen molar-refractivity contribution in [3.63, 3.8) is 0 Å². The van der Waals surface area contributed by atoms with Gasteiger partial charge in [-0.05, 0) is 37.5 Å². The summed E-state index contributed by atoms with van der Waals surface area (Å²) in [4.78, 5) is 12.9. The Morgan fingerprint density at radius 1 is 1.23 bits per heavy atom. The van der Waals surface area contributed by atoms with E-state index < -0.39 is 6.04 Å². The summed E-state index contributed by atoms with van der Waals surface area (Å²) in [5.74, 6) is 0. The van der Waals surface area contributed by atoms with Crippen LogP contribution in [-0.2, 0) is 11.3 Å². The van der Waals surface area contributed by atoms with Crippen LogP contribution in [0.2, 0.25) is 0 Å². The highest BCUT2D eigenvalue weighted by atomic mass is 16.5. The molecule has 1 aromatic carbocycles. The molecule has 0 amide bonds. The largest absolute Gasteiger partial charge is 0.385 e. The van der Waals surface area contributed by atoms with E-state index in [0.29, 0.717) is 18.7 Å². The Morgan fingerprint density at radius 2 is 1.91 bits per heavy atom. The van der Waals surface area contributed by atoms with E-state index in [1.807, 2.05) is 50.2 Å². The molecule has 0 aliphatic heterocycles. The van der Waals surface area contributed by atoms with Crippen molar-refractivity contribution in [1.82, 2.24) is 4.57 Å². The van der Waals surface area contributed by atoms with Crippen LogP contribution >= 0.6 is 0 Å². The van der Waals surface area contributed by atoms with Gasteiger partial charge in [0, 0.05) is 31.5 Å². The third-order valence-corrected chi connectivity index (χ3v) is 3.95. The number of ether oxygens (including phenoxy) is 1. The summed E-state index contributed by atoms with van der Waals surface area (Å²) in [7, 11) is 1.67. The van der Waals surface area contributed by atoms with Gasteiger partial charge in [0.15, 0.2) is 0 Å². The van der Waals surface area contributed by atoms with E-state index in [0.717, 1.165) is 23.2 Å². The number of aromatic nitrogens is 1. The average Bonchev–Trinajstić information content (AvgIpc) is 2.51. The number of aryl methyl sites for hydroxylation is 2. The van der Waals surface area contributed by atoms with Gasteiger partial charge >= 0.3 is 0 Å². The first-order valence-corrected chi connectivity index (χ1v) is 7.56. The Bertz CT molecular complexity index is 677. The second-order valence-electron chi connectivity index (χ2n) is 5.57. The highest BCUT2D eigenvalue weighted by molar-refractivity contribution is 5.36. The van der Waals surface area contributed by atoms with Gasteiger partial charge in [0.2, 0.25) is 0 Å². The van der Waals surface area contributed by atoms with Crippen LogP contribution < -0.4 is 11.3 Å². The molecule has 0 saturated heterocycles. The number of rotatable bonds is 6. The molecule has 1 heterocycles. The smallest absolute Gasteiger partial charge is 0.256 e. The summed E-state index contributed by atoms with van der Waals surface area (Å²) in [6.07, 6.45) is 0.806. The van der Waals surface area contributed by atoms with Gasteiger partial charge in [0.1, 0.15) is 0 Å². The van der Waals surface area contributed by atoms with Crippen LogP contribution in [-0.4, -0.2) is 18.3 Å². The van der Waals surface area contributed by atoms with Gasteiger partial charge in [-0.3, -0.25) is 4.79 Å². The SMILES string of the molecule is COCCCn1c(C)cc(C)c(C(N)c2ccccc2)c1=O. The van der Waals surface area contributed by atoms with Crippen molar-refractivity contribution < 1.29 is 4.74 Å². The van der Waals surface area contributed by atoms with Gasteiger partial charge in [0.05, 0.1) is 6.04 Å². The van der Waals surface area contributed by atoms with Gasteiger partial charge in [0.25, 0.3) is 5.56 Å². The molecule has 0 aliphatic rings. The molecule has 2 rings (SSSR count). The first-order valence-electron chi connectivity index (χ1n) is 7.56. The second-order valence-corrected chi connectivity index (χ2v) is 5.57. The normalized spacial score (nSPS) is 12.4. The molecule has 1 aromatic heterocycles. The van der Waals surface area contributed by atoms with Gasteiger partial charge in [-0.15, -0.1) is 0 Å². The number of hydrogen-bond acceptors (Lipinski definition) is 3. The summed E-state index contributed by atoms with van der Waals surface area (Å²) in [5.41, 5.74) is 9.89. The topological polar surface area (TPSA) is 57.2 Å². The summed E-state index contributed by atoms with van der Waals surface area (Å²) in [5, 5.41) is 0. The Balaban J connectivity index is 2.43. The number of nitrogens with two attached hydrogens (primary N) is 1. The maximum Gasteiger partial charge on any atom is 0.256 e. The van der Waals surface area contributed by atoms with Crippen molar-refractivity contribution in [3.8, 4) is 0 Å². The Hall–Kier alpha value is -1.91. The fourth-order valence-corrected chi connectivity index (χ4v) is 2.79. The molecule has 118 valence electrons. The molecule has 0 spiro atoms. The Morgan fingerprint density at radius 3 is 2.55 bits per heavy atom. The lowest BCUT2D eigenvalue weighted by atomic mass is 9.96. The molecule has 0 saturated carbocycles. The first kappa shape index (κ1) is 16.5. The van der Waals surface area contributed by atoms with E-state index in [9.17, 15) is 4.79 Å². The van der Waals surface area contributed by atoms with Crippen molar-refractivity contribution in [2.45, 2.75) is 32.9 Å². The van der Waals surface area contributed by atoms with Crippen LogP contribution in [0.1, 0.15) is 34.8 Å². The monoisotopic (exact) mass is 300 g/mol. The van der Waals surface area contributed by atoms with Crippen LogP contribution in [0.4, 0.5) is 0 Å². The van der Waals surface area contributed by atoms with Crippen LogP contribution in [0.5, 0.6) is 0 Å². The van der Waals surface area contributed by atoms with Gasteiger partial charge in [-0.25, -0.2) is 0 Å². The molecule has 0 bridgehead atoms. The minimum absolute atomic E-state index is 0.00459. The lowest BCUT2D eigenvalue weighted by Crippen LogP contribution is -2.31. The van der Waals surface area contributed by atoms with Crippen LogP contribution in [0.3, 0.4) is 0 Å².